The Kier molecular flexibility index (Phi) is 4.89. The number of phenols is 1. The number of amides is 1. The van der Waals surface area contributed by atoms with E-state index in [1.54, 1.807) is 38.1 Å². The van der Waals surface area contributed by atoms with Gasteiger partial charge in [0.1, 0.15) is 0 Å². The van der Waals surface area contributed by atoms with Gasteiger partial charge >= 0.3 is 5.69 Å². The first-order chi connectivity index (χ1) is 12.9. The van der Waals surface area contributed by atoms with E-state index in [1.165, 1.54) is 23.2 Å². The van der Waals surface area contributed by atoms with Gasteiger partial charge in [-0.25, -0.2) is 0 Å². The molecule has 1 amide bonds. The first-order valence-corrected chi connectivity index (χ1v) is 8.23. The molecule has 0 unspecified atom stereocenters. The quantitative estimate of drug-likeness (QED) is 0.495. The molecule has 1 aliphatic heterocycles. The summed E-state index contributed by atoms with van der Waals surface area (Å²) < 4.78 is 5.27. The van der Waals surface area contributed by atoms with Gasteiger partial charge in [0.25, 0.3) is 5.91 Å². The maximum atomic E-state index is 12.7. The second-order valence-corrected chi connectivity index (χ2v) is 5.77. The van der Waals surface area contributed by atoms with Crippen molar-refractivity contribution in [3.63, 3.8) is 0 Å². The van der Waals surface area contributed by atoms with Gasteiger partial charge in [-0.3, -0.25) is 14.9 Å². The number of benzene rings is 2. The third-order valence-electron chi connectivity index (χ3n) is 3.95. The summed E-state index contributed by atoms with van der Waals surface area (Å²) in [6.45, 7) is 3.61. The summed E-state index contributed by atoms with van der Waals surface area (Å²) in [6, 6.07) is 11.6. The topological polar surface area (TPSA) is 105 Å². The number of hydrogen-bond donors (Lipinski definition) is 1. The van der Waals surface area contributed by atoms with Gasteiger partial charge in [0.2, 0.25) is 5.75 Å². The van der Waals surface area contributed by atoms with Gasteiger partial charge in [-0.15, -0.1) is 0 Å². The summed E-state index contributed by atoms with van der Waals surface area (Å²) in [5.41, 5.74) is 1.28. The smallest absolute Gasteiger partial charge is 0.315 e. The molecule has 2 aromatic rings. The Morgan fingerprint density at radius 3 is 2.63 bits per heavy atom. The van der Waals surface area contributed by atoms with Crippen molar-refractivity contribution >= 4 is 29.1 Å². The highest BCUT2D eigenvalue weighted by molar-refractivity contribution is 6.32. The molecule has 1 aliphatic rings. The van der Waals surface area contributed by atoms with Crippen molar-refractivity contribution in [1.29, 1.82) is 0 Å². The van der Waals surface area contributed by atoms with E-state index in [2.05, 4.69) is 5.10 Å². The number of nitrogens with zero attached hydrogens (tertiary/aromatic N) is 3. The van der Waals surface area contributed by atoms with E-state index in [0.717, 1.165) is 0 Å². The van der Waals surface area contributed by atoms with Crippen LogP contribution in [0.3, 0.4) is 0 Å². The molecule has 27 heavy (non-hydrogen) atoms. The number of nitro groups is 1. The van der Waals surface area contributed by atoms with Crippen molar-refractivity contribution < 1.29 is 19.6 Å². The Bertz CT molecular complexity index is 967. The Labute approximate surface area is 155 Å². The van der Waals surface area contributed by atoms with Crippen molar-refractivity contribution in [3.8, 4) is 11.5 Å². The lowest BCUT2D eigenvalue weighted by Crippen LogP contribution is -2.21. The average molecular weight is 367 g/mol. The molecule has 0 atom stereocenters. The first kappa shape index (κ1) is 18.1. The van der Waals surface area contributed by atoms with Gasteiger partial charge in [0.05, 0.1) is 28.5 Å². The summed E-state index contributed by atoms with van der Waals surface area (Å²) in [4.78, 5) is 23.2. The highest BCUT2D eigenvalue weighted by Gasteiger charge is 2.29. The lowest BCUT2D eigenvalue weighted by atomic mass is 10.1. The zero-order valence-corrected chi connectivity index (χ0v) is 14.7. The second-order valence-electron chi connectivity index (χ2n) is 5.77. The first-order valence-electron chi connectivity index (χ1n) is 8.23. The molecule has 0 bridgehead atoms. The molecule has 0 fully saturated rings. The van der Waals surface area contributed by atoms with E-state index in [0.29, 0.717) is 22.5 Å². The number of rotatable bonds is 5. The van der Waals surface area contributed by atoms with Gasteiger partial charge in [-0.05, 0) is 43.7 Å². The van der Waals surface area contributed by atoms with Gasteiger partial charge < -0.3 is 9.84 Å². The number of para-hydroxylation sites is 1. The number of nitro benzene ring substituents is 1. The Hall–Kier alpha value is -3.68. The molecule has 3 rings (SSSR count). The minimum atomic E-state index is -0.701. The fraction of sp³-hybridized carbons (Fsp3) is 0.158. The summed E-state index contributed by atoms with van der Waals surface area (Å²) in [5.74, 6) is -0.899. The molecule has 1 heterocycles. The van der Waals surface area contributed by atoms with Crippen LogP contribution in [0.25, 0.3) is 6.08 Å². The van der Waals surface area contributed by atoms with E-state index in [4.69, 9.17) is 4.74 Å². The SMILES string of the molecule is CCOc1cc(/C=C2\C(=O)N(c3ccccc3)N=C2C)cc([N+](=O)[O-])c1O. The van der Waals surface area contributed by atoms with Gasteiger partial charge in [-0.1, -0.05) is 18.2 Å². The maximum absolute atomic E-state index is 12.7. The minimum Gasteiger partial charge on any atom is -0.500 e. The molecular weight excluding hydrogens is 350 g/mol. The molecule has 138 valence electrons. The predicted octanol–water partition coefficient (Wildman–Crippen LogP) is 3.51. The molecule has 0 saturated carbocycles. The van der Waals surface area contributed by atoms with E-state index < -0.39 is 16.4 Å². The Morgan fingerprint density at radius 1 is 1.30 bits per heavy atom. The molecule has 0 aliphatic carbocycles. The van der Waals surface area contributed by atoms with Crippen LogP contribution in [0.5, 0.6) is 11.5 Å². The molecule has 0 spiro atoms. The standard InChI is InChI=1S/C19H17N3O5/c1-3-27-17-11-13(10-16(18(17)23)22(25)26)9-15-12(2)20-21(19(15)24)14-7-5-4-6-8-14/h4-11,23H,3H2,1-2H3/b15-9-. The third kappa shape index (κ3) is 3.50. The fourth-order valence-electron chi connectivity index (χ4n) is 2.70. The van der Waals surface area contributed by atoms with Gasteiger partial charge in [-0.2, -0.15) is 10.1 Å². The van der Waals surface area contributed by atoms with Crippen LogP contribution >= 0.6 is 0 Å². The van der Waals surface area contributed by atoms with Crippen LogP contribution in [0.2, 0.25) is 0 Å². The number of carbonyl (C=O) groups is 1. The van der Waals surface area contributed by atoms with Crippen LogP contribution < -0.4 is 9.75 Å². The predicted molar refractivity (Wildman–Crippen MR) is 101 cm³/mol. The highest BCUT2D eigenvalue weighted by atomic mass is 16.6. The molecule has 2 aromatic carbocycles. The number of hydrogen-bond acceptors (Lipinski definition) is 6. The summed E-state index contributed by atoms with van der Waals surface area (Å²) >= 11 is 0. The van der Waals surface area contributed by atoms with Crippen LogP contribution in [-0.2, 0) is 4.79 Å². The van der Waals surface area contributed by atoms with Crippen molar-refractivity contribution in [2.75, 3.05) is 11.6 Å². The molecule has 0 saturated heterocycles. The Morgan fingerprint density at radius 2 is 2.00 bits per heavy atom. The molecular formula is C19H17N3O5. The van der Waals surface area contributed by atoms with Crippen molar-refractivity contribution in [3.05, 3.63) is 63.7 Å². The van der Waals surface area contributed by atoms with Crippen LogP contribution in [0.15, 0.2) is 53.1 Å². The van der Waals surface area contributed by atoms with Gasteiger partial charge in [0, 0.05) is 6.07 Å². The van der Waals surface area contributed by atoms with E-state index in [-0.39, 0.29) is 18.3 Å². The van der Waals surface area contributed by atoms with E-state index in [1.807, 2.05) is 6.07 Å². The number of phenolic OH excluding ortho intramolecular Hbond substituents is 1. The number of carbonyl (C=O) groups excluding carboxylic acids is 1. The number of hydrazone groups is 1. The monoisotopic (exact) mass is 367 g/mol. The molecule has 0 radical (unpaired) electrons. The lowest BCUT2D eigenvalue weighted by molar-refractivity contribution is -0.386. The zero-order chi connectivity index (χ0) is 19.6. The summed E-state index contributed by atoms with van der Waals surface area (Å²) in [5, 5.41) is 26.7. The normalized spacial score (nSPS) is 15.2. The van der Waals surface area contributed by atoms with Crippen LogP contribution in [0.1, 0.15) is 19.4 Å². The summed E-state index contributed by atoms with van der Waals surface area (Å²) in [6.07, 6.45) is 1.50. The average Bonchev–Trinajstić information content (AvgIpc) is 2.93. The van der Waals surface area contributed by atoms with Gasteiger partial charge in [0.15, 0.2) is 5.75 Å². The van der Waals surface area contributed by atoms with E-state index >= 15 is 0 Å². The van der Waals surface area contributed by atoms with Crippen molar-refractivity contribution in [2.45, 2.75) is 13.8 Å². The minimum absolute atomic E-state index is 0.0153. The molecule has 8 nitrogen and oxygen atoms in total. The molecule has 8 heteroatoms. The highest BCUT2D eigenvalue weighted by Crippen LogP contribution is 2.38. The van der Waals surface area contributed by atoms with Crippen LogP contribution in [0.4, 0.5) is 11.4 Å². The Balaban J connectivity index is 2.03. The zero-order valence-electron chi connectivity index (χ0n) is 14.7. The van der Waals surface area contributed by atoms with Crippen molar-refractivity contribution in [1.82, 2.24) is 0 Å². The molecule has 1 N–H and O–H groups in total. The van der Waals surface area contributed by atoms with E-state index in [9.17, 15) is 20.0 Å². The third-order valence-corrected chi connectivity index (χ3v) is 3.95. The number of aromatic hydroxyl groups is 1. The largest absolute Gasteiger partial charge is 0.500 e. The lowest BCUT2D eigenvalue weighted by Gasteiger charge is -2.11. The van der Waals surface area contributed by atoms with Crippen LogP contribution in [0, 0.1) is 10.1 Å². The van der Waals surface area contributed by atoms with Crippen molar-refractivity contribution in [2.24, 2.45) is 5.10 Å². The van der Waals surface area contributed by atoms with Crippen LogP contribution in [-0.4, -0.2) is 28.3 Å². The number of ether oxygens (including phenoxy) is 1. The maximum Gasteiger partial charge on any atom is 0.315 e. The molecule has 0 aromatic heterocycles. The second kappa shape index (κ2) is 7.28. The summed E-state index contributed by atoms with van der Waals surface area (Å²) in [7, 11) is 0. The number of anilines is 1. The fourth-order valence-corrected chi connectivity index (χ4v) is 2.70.